The lowest BCUT2D eigenvalue weighted by molar-refractivity contribution is 0.444. The SMILES string of the molecule is CC(C)c1ccc(N(c2ccc3oc4ccccc4c3c2)c2cc(N(c3ccc(C(C)C)cc3)c3ccc4oc5ccccc5c4c3)c3ccc4cc(C5CCCCC5)cc5ccc2c3c54)cc1. The second-order valence-corrected chi connectivity index (χ2v) is 19.9. The number of furan rings is 2. The van der Waals surface area contributed by atoms with Gasteiger partial charge in [0.15, 0.2) is 0 Å². The molecule has 13 rings (SSSR count). The minimum Gasteiger partial charge on any atom is -0.456 e. The molecule has 2 heterocycles. The molecular weight excluding hydrogens is 829 g/mol. The van der Waals surface area contributed by atoms with Crippen molar-refractivity contribution < 1.29 is 8.83 Å². The maximum atomic E-state index is 6.43. The average Bonchev–Trinajstić information content (AvgIpc) is 3.94. The minimum atomic E-state index is 0.408. The van der Waals surface area contributed by atoms with Crippen LogP contribution in [0, 0.1) is 0 Å². The Balaban J connectivity index is 1.14. The van der Waals surface area contributed by atoms with E-state index < -0.39 is 0 Å². The quantitative estimate of drug-likeness (QED) is 0.135. The summed E-state index contributed by atoms with van der Waals surface area (Å²) in [7, 11) is 0. The largest absolute Gasteiger partial charge is 0.456 e. The van der Waals surface area contributed by atoms with E-state index in [1.807, 2.05) is 12.1 Å². The van der Waals surface area contributed by atoms with Crippen molar-refractivity contribution in [1.29, 1.82) is 0 Å². The zero-order valence-corrected chi connectivity index (χ0v) is 39.2. The summed E-state index contributed by atoms with van der Waals surface area (Å²) in [5, 5.41) is 12.1. The zero-order valence-electron chi connectivity index (χ0n) is 39.2. The number of benzene rings is 10. The van der Waals surface area contributed by atoms with Crippen molar-refractivity contribution >= 4 is 110 Å². The first-order chi connectivity index (χ1) is 33.3. The highest BCUT2D eigenvalue weighted by atomic mass is 16.3. The van der Waals surface area contributed by atoms with Crippen LogP contribution < -0.4 is 9.80 Å². The van der Waals surface area contributed by atoms with E-state index in [0.29, 0.717) is 17.8 Å². The second kappa shape index (κ2) is 16.1. The molecule has 0 radical (unpaired) electrons. The molecule has 0 unspecified atom stereocenters. The molecule has 1 saturated carbocycles. The molecule has 0 N–H and O–H groups in total. The molecule has 4 nitrogen and oxygen atoms in total. The Bertz CT molecular complexity index is 3610. The van der Waals surface area contributed by atoms with Gasteiger partial charge in [-0.05, 0) is 142 Å². The van der Waals surface area contributed by atoms with Crippen LogP contribution in [0.2, 0.25) is 0 Å². The van der Waals surface area contributed by atoms with Crippen LogP contribution in [-0.2, 0) is 0 Å². The number of fused-ring (bicyclic) bond motifs is 6. The Hall–Kier alpha value is -7.56. The molecule has 68 heavy (non-hydrogen) atoms. The third-order valence-electron chi connectivity index (χ3n) is 15.1. The summed E-state index contributed by atoms with van der Waals surface area (Å²) in [4.78, 5) is 4.97. The van der Waals surface area contributed by atoms with Crippen molar-refractivity contribution in [3.05, 3.63) is 193 Å². The molecule has 0 saturated heterocycles. The third kappa shape index (κ3) is 6.64. The number of hydrogen-bond acceptors (Lipinski definition) is 4. The summed E-state index contributed by atoms with van der Waals surface area (Å²) in [5.41, 5.74) is 14.2. The molecule has 1 aliphatic rings. The van der Waals surface area contributed by atoms with E-state index in [2.05, 4.69) is 201 Å². The molecule has 10 aromatic carbocycles. The molecule has 12 aromatic rings. The van der Waals surface area contributed by atoms with Gasteiger partial charge in [-0.15, -0.1) is 0 Å². The lowest BCUT2D eigenvalue weighted by Gasteiger charge is -2.32. The van der Waals surface area contributed by atoms with Gasteiger partial charge in [-0.2, -0.15) is 0 Å². The first-order valence-electron chi connectivity index (χ1n) is 24.7. The van der Waals surface area contributed by atoms with E-state index in [4.69, 9.17) is 8.83 Å². The lowest BCUT2D eigenvalue weighted by atomic mass is 9.82. The fourth-order valence-corrected chi connectivity index (χ4v) is 11.5. The summed E-state index contributed by atoms with van der Waals surface area (Å²) >= 11 is 0. The molecule has 332 valence electrons. The van der Waals surface area contributed by atoms with Crippen LogP contribution in [0.4, 0.5) is 34.1 Å². The maximum absolute atomic E-state index is 6.43. The van der Waals surface area contributed by atoms with E-state index in [1.165, 1.54) is 81.1 Å². The van der Waals surface area contributed by atoms with Gasteiger partial charge in [0.1, 0.15) is 22.3 Å². The zero-order chi connectivity index (χ0) is 45.6. The highest BCUT2D eigenvalue weighted by molar-refractivity contribution is 6.29. The van der Waals surface area contributed by atoms with Crippen LogP contribution in [0.25, 0.3) is 76.2 Å². The second-order valence-electron chi connectivity index (χ2n) is 19.9. The van der Waals surface area contributed by atoms with Crippen molar-refractivity contribution in [3.8, 4) is 0 Å². The first-order valence-corrected chi connectivity index (χ1v) is 24.7. The third-order valence-corrected chi connectivity index (χ3v) is 15.1. The maximum Gasteiger partial charge on any atom is 0.135 e. The van der Waals surface area contributed by atoms with Crippen molar-refractivity contribution in [1.82, 2.24) is 0 Å². The predicted molar refractivity (Wildman–Crippen MR) is 288 cm³/mol. The van der Waals surface area contributed by atoms with Gasteiger partial charge in [-0.25, -0.2) is 0 Å². The highest BCUT2D eigenvalue weighted by Crippen LogP contribution is 2.52. The van der Waals surface area contributed by atoms with Crippen LogP contribution in [0.3, 0.4) is 0 Å². The smallest absolute Gasteiger partial charge is 0.135 e. The topological polar surface area (TPSA) is 32.8 Å². The van der Waals surface area contributed by atoms with Crippen LogP contribution in [0.1, 0.15) is 94.2 Å². The highest BCUT2D eigenvalue weighted by Gasteiger charge is 2.27. The summed E-state index contributed by atoms with van der Waals surface area (Å²) in [6, 6.07) is 65.7. The molecule has 0 aliphatic heterocycles. The van der Waals surface area contributed by atoms with Gasteiger partial charge < -0.3 is 18.6 Å². The summed E-state index contributed by atoms with van der Waals surface area (Å²) in [5.74, 6) is 1.42. The Kier molecular flexibility index (Phi) is 9.61. The summed E-state index contributed by atoms with van der Waals surface area (Å²) in [6.45, 7) is 9.07. The van der Waals surface area contributed by atoms with Gasteiger partial charge in [-0.3, -0.25) is 0 Å². The van der Waals surface area contributed by atoms with Gasteiger partial charge in [0.05, 0.1) is 11.4 Å². The van der Waals surface area contributed by atoms with Crippen LogP contribution in [-0.4, -0.2) is 0 Å². The number of nitrogens with zero attached hydrogens (tertiary/aromatic N) is 2. The van der Waals surface area contributed by atoms with Crippen LogP contribution in [0.15, 0.2) is 185 Å². The predicted octanol–water partition coefficient (Wildman–Crippen LogP) is 19.6. The Morgan fingerprint density at radius 3 is 1.29 bits per heavy atom. The van der Waals surface area contributed by atoms with E-state index in [-0.39, 0.29) is 0 Å². The number of rotatable bonds is 9. The normalized spacial score (nSPS) is 13.8. The van der Waals surface area contributed by atoms with E-state index in [9.17, 15) is 0 Å². The molecule has 1 fully saturated rings. The molecule has 0 bridgehead atoms. The van der Waals surface area contributed by atoms with E-state index in [1.54, 1.807) is 0 Å². The summed E-state index contributed by atoms with van der Waals surface area (Å²) in [6.07, 6.45) is 6.50. The Morgan fingerprint density at radius 1 is 0.382 bits per heavy atom. The number of hydrogen-bond donors (Lipinski definition) is 0. The van der Waals surface area contributed by atoms with Gasteiger partial charge >= 0.3 is 0 Å². The summed E-state index contributed by atoms with van der Waals surface area (Å²) < 4.78 is 12.9. The molecule has 0 atom stereocenters. The van der Waals surface area contributed by atoms with Crippen molar-refractivity contribution in [2.24, 2.45) is 0 Å². The fourth-order valence-electron chi connectivity index (χ4n) is 11.5. The van der Waals surface area contributed by atoms with Crippen LogP contribution in [0.5, 0.6) is 0 Å². The molecular formula is C64H54N2O2. The molecule has 1 aliphatic carbocycles. The van der Waals surface area contributed by atoms with Gasteiger partial charge in [0.25, 0.3) is 0 Å². The van der Waals surface area contributed by atoms with E-state index >= 15 is 0 Å². The lowest BCUT2D eigenvalue weighted by Crippen LogP contribution is -2.15. The standard InChI is InChI=1S/C64H54N2O2/c1-39(2)41-18-24-47(25-19-41)65(49-28-32-61-55(36-49)51-14-8-10-16-59(51)67-61)57-38-58(54-31-23-45-35-46(43-12-6-5-7-13-43)34-44-22-30-53(57)64(54)63(44)45)66(48-26-20-42(21-27-48)40(3)4)50-29-33-62-56(37-50)52-15-9-11-17-60(52)68-62/h8-11,14-40,43H,5-7,12-13H2,1-4H3. The van der Waals surface area contributed by atoms with Crippen molar-refractivity contribution in [3.63, 3.8) is 0 Å². The molecule has 0 spiro atoms. The monoisotopic (exact) mass is 882 g/mol. The van der Waals surface area contributed by atoms with Crippen molar-refractivity contribution in [2.45, 2.75) is 77.6 Å². The molecule has 2 aromatic heterocycles. The van der Waals surface area contributed by atoms with Gasteiger partial charge in [0.2, 0.25) is 0 Å². The van der Waals surface area contributed by atoms with Crippen LogP contribution >= 0.6 is 0 Å². The van der Waals surface area contributed by atoms with Gasteiger partial charge in [-0.1, -0.05) is 144 Å². The average molecular weight is 883 g/mol. The first kappa shape index (κ1) is 40.7. The molecule has 4 heteroatoms. The van der Waals surface area contributed by atoms with Gasteiger partial charge in [0, 0.05) is 60.5 Å². The Morgan fingerprint density at radius 2 is 0.824 bits per heavy atom. The fraction of sp³-hybridized carbons (Fsp3) is 0.188. The molecule has 0 amide bonds. The minimum absolute atomic E-state index is 0.408. The Labute approximate surface area is 397 Å². The number of para-hydroxylation sites is 2. The van der Waals surface area contributed by atoms with Crippen molar-refractivity contribution in [2.75, 3.05) is 9.80 Å². The van der Waals surface area contributed by atoms with E-state index in [0.717, 1.165) is 78.0 Å². The number of anilines is 6.